The van der Waals surface area contributed by atoms with E-state index in [1.807, 2.05) is 0 Å². The molecule has 3 aromatic rings. The maximum atomic E-state index is 14.3. The molecule has 1 aliphatic rings. The first-order valence-electron chi connectivity index (χ1n) is 11.6. The van der Waals surface area contributed by atoms with E-state index in [4.69, 9.17) is 0 Å². The molecule has 0 spiro atoms. The molecule has 0 aliphatic heterocycles. The zero-order chi connectivity index (χ0) is 24.7. The Labute approximate surface area is 200 Å². The van der Waals surface area contributed by atoms with Crippen LogP contribution in [0.25, 0.3) is 0 Å². The molecule has 5 heteroatoms. The number of anilines is 1. The average molecular weight is 459 g/mol. The van der Waals surface area contributed by atoms with Crippen molar-refractivity contribution in [2.75, 3.05) is 5.43 Å². The molecular weight excluding hydrogens is 427 g/mol. The maximum Gasteiger partial charge on any atom is 0.335 e. The van der Waals surface area contributed by atoms with Gasteiger partial charge >= 0.3 is 5.97 Å². The van der Waals surface area contributed by atoms with Gasteiger partial charge in [0.1, 0.15) is 5.82 Å². The van der Waals surface area contributed by atoms with Gasteiger partial charge in [-0.05, 0) is 77.6 Å². The fraction of sp³-hybridized carbons (Fsp3) is 0.310. The number of carboxylic acids is 1. The number of aryl methyl sites for hydroxylation is 1. The van der Waals surface area contributed by atoms with Gasteiger partial charge in [0.2, 0.25) is 0 Å². The van der Waals surface area contributed by atoms with Gasteiger partial charge in [-0.2, -0.15) is 5.10 Å². The minimum absolute atomic E-state index is 0.0184. The number of carbonyl (C=O) groups is 1. The molecular formula is C29H31FN2O2. The Morgan fingerprint density at radius 2 is 1.47 bits per heavy atom. The minimum atomic E-state index is -0.983. The minimum Gasteiger partial charge on any atom is -0.478 e. The van der Waals surface area contributed by atoms with Crippen molar-refractivity contribution in [1.29, 1.82) is 0 Å². The first-order chi connectivity index (χ1) is 16.0. The lowest BCUT2D eigenvalue weighted by molar-refractivity contribution is 0.0697. The molecule has 0 bridgehead atoms. The van der Waals surface area contributed by atoms with Gasteiger partial charge in [0.25, 0.3) is 0 Å². The van der Waals surface area contributed by atoms with Gasteiger partial charge in [0.05, 0.1) is 17.0 Å². The summed E-state index contributed by atoms with van der Waals surface area (Å²) in [5.41, 5.74) is 9.53. The molecule has 0 saturated heterocycles. The number of aromatic carboxylic acids is 1. The van der Waals surface area contributed by atoms with Crippen molar-refractivity contribution in [2.24, 2.45) is 5.10 Å². The molecule has 0 fully saturated rings. The van der Waals surface area contributed by atoms with Crippen molar-refractivity contribution in [3.8, 4) is 0 Å². The van der Waals surface area contributed by atoms with Crippen LogP contribution >= 0.6 is 0 Å². The molecule has 2 N–H and O–H groups in total. The van der Waals surface area contributed by atoms with E-state index in [1.165, 1.54) is 17.2 Å². The first-order valence-corrected chi connectivity index (χ1v) is 11.6. The number of para-hydroxylation sites is 1. The lowest BCUT2D eigenvalue weighted by Crippen LogP contribution is -2.34. The largest absolute Gasteiger partial charge is 0.478 e. The second kappa shape index (κ2) is 8.71. The highest BCUT2D eigenvalue weighted by Crippen LogP contribution is 2.46. The summed E-state index contributed by atoms with van der Waals surface area (Å²) in [4.78, 5) is 11.4. The number of nitrogens with one attached hydrogen (secondary N) is 1. The van der Waals surface area contributed by atoms with Gasteiger partial charge in [0.15, 0.2) is 0 Å². The summed E-state index contributed by atoms with van der Waals surface area (Å²) in [5, 5.41) is 14.0. The third-order valence-corrected chi connectivity index (χ3v) is 7.02. The van der Waals surface area contributed by atoms with Crippen LogP contribution < -0.4 is 5.43 Å². The summed E-state index contributed by atoms with van der Waals surface area (Å²) >= 11 is 0. The van der Waals surface area contributed by atoms with Gasteiger partial charge < -0.3 is 5.11 Å². The zero-order valence-corrected chi connectivity index (χ0v) is 20.4. The van der Waals surface area contributed by atoms with Gasteiger partial charge in [-0.25, -0.2) is 9.18 Å². The van der Waals surface area contributed by atoms with E-state index in [1.54, 1.807) is 42.5 Å². The van der Waals surface area contributed by atoms with Crippen LogP contribution in [-0.4, -0.2) is 16.8 Å². The molecule has 3 aromatic carbocycles. The summed E-state index contributed by atoms with van der Waals surface area (Å²) in [6.07, 6.45) is 2.21. The van der Waals surface area contributed by atoms with Crippen molar-refractivity contribution in [2.45, 2.75) is 58.3 Å². The molecule has 4 rings (SSSR count). The number of fused-ring (bicyclic) bond motifs is 1. The van der Waals surface area contributed by atoms with Gasteiger partial charge in [-0.15, -0.1) is 0 Å². The van der Waals surface area contributed by atoms with Gasteiger partial charge in [-0.3, -0.25) is 5.43 Å². The highest BCUT2D eigenvalue weighted by Gasteiger charge is 2.37. The van der Waals surface area contributed by atoms with Crippen molar-refractivity contribution < 1.29 is 14.3 Å². The molecule has 0 unspecified atom stereocenters. The van der Waals surface area contributed by atoms with Crippen LogP contribution in [-0.2, 0) is 10.8 Å². The molecule has 0 aromatic heterocycles. The summed E-state index contributed by atoms with van der Waals surface area (Å²) in [6.45, 7) is 11.2. The van der Waals surface area contributed by atoms with Gasteiger partial charge in [0, 0.05) is 11.1 Å². The van der Waals surface area contributed by atoms with Crippen LogP contribution in [0, 0.1) is 12.7 Å². The summed E-state index contributed by atoms with van der Waals surface area (Å²) in [5.74, 6) is -1.37. The second-order valence-corrected chi connectivity index (χ2v) is 10.4. The molecule has 176 valence electrons. The summed E-state index contributed by atoms with van der Waals surface area (Å²) in [7, 11) is 0. The third kappa shape index (κ3) is 4.47. The SMILES string of the molecule is Cc1cc2c(cc1/C(=N/Nc1ccccc1F)c1ccc(C(=O)O)cc1)C(C)(C)CCC2(C)C. The molecule has 0 amide bonds. The molecule has 0 radical (unpaired) electrons. The Morgan fingerprint density at radius 1 is 0.912 bits per heavy atom. The fourth-order valence-electron chi connectivity index (χ4n) is 4.70. The second-order valence-electron chi connectivity index (χ2n) is 10.4. The molecule has 0 atom stereocenters. The predicted molar refractivity (Wildman–Crippen MR) is 136 cm³/mol. The number of benzene rings is 3. The number of hydrogen-bond donors (Lipinski definition) is 2. The number of hydrogen-bond acceptors (Lipinski definition) is 3. The van der Waals surface area contributed by atoms with Crippen molar-refractivity contribution in [3.63, 3.8) is 0 Å². The normalized spacial score (nSPS) is 16.6. The lowest BCUT2D eigenvalue weighted by atomic mass is 9.62. The van der Waals surface area contributed by atoms with Crippen LogP contribution in [0.4, 0.5) is 10.1 Å². The van der Waals surface area contributed by atoms with Crippen molar-refractivity contribution in [3.05, 3.63) is 99.9 Å². The van der Waals surface area contributed by atoms with E-state index in [2.05, 4.69) is 57.3 Å². The van der Waals surface area contributed by atoms with Crippen molar-refractivity contribution in [1.82, 2.24) is 0 Å². The fourth-order valence-corrected chi connectivity index (χ4v) is 4.70. The van der Waals surface area contributed by atoms with Crippen LogP contribution in [0.5, 0.6) is 0 Å². The summed E-state index contributed by atoms with van der Waals surface area (Å²) in [6, 6.07) is 17.5. The zero-order valence-electron chi connectivity index (χ0n) is 20.4. The quantitative estimate of drug-likeness (QED) is 0.318. The molecule has 34 heavy (non-hydrogen) atoms. The lowest BCUT2D eigenvalue weighted by Gasteiger charge is -2.42. The number of nitrogens with zero attached hydrogens (tertiary/aromatic N) is 1. The predicted octanol–water partition coefficient (Wildman–Crippen LogP) is 7.05. The molecule has 0 saturated carbocycles. The van der Waals surface area contributed by atoms with Gasteiger partial charge in [-0.1, -0.05) is 58.0 Å². The van der Waals surface area contributed by atoms with E-state index in [-0.39, 0.29) is 22.1 Å². The standard InChI is InChI=1S/C29H31FN2O2/c1-18-16-22-23(29(4,5)15-14-28(22,2)3)17-21(18)26(19-10-12-20(13-11-19)27(33)34)32-31-25-9-7-6-8-24(25)30/h6-13,16-17,31H,14-15H2,1-5H3,(H,33,34)/b32-26+. The van der Waals surface area contributed by atoms with Crippen LogP contribution in [0.1, 0.15) is 78.7 Å². The number of rotatable bonds is 5. The number of halogens is 1. The van der Waals surface area contributed by atoms with Crippen LogP contribution in [0.3, 0.4) is 0 Å². The third-order valence-electron chi connectivity index (χ3n) is 7.02. The Hall–Kier alpha value is -3.47. The Kier molecular flexibility index (Phi) is 6.07. The van der Waals surface area contributed by atoms with E-state index in [9.17, 15) is 14.3 Å². The first kappa shape index (κ1) is 23.7. The van der Waals surface area contributed by atoms with Crippen molar-refractivity contribution >= 4 is 17.4 Å². The highest BCUT2D eigenvalue weighted by atomic mass is 19.1. The van der Waals surface area contributed by atoms with Crippen LogP contribution in [0.2, 0.25) is 0 Å². The maximum absolute atomic E-state index is 14.3. The van der Waals surface area contributed by atoms with Crippen LogP contribution in [0.15, 0.2) is 65.8 Å². The smallest absolute Gasteiger partial charge is 0.335 e. The molecule has 1 aliphatic carbocycles. The van der Waals surface area contributed by atoms with E-state index in [0.29, 0.717) is 5.71 Å². The number of carboxylic acid groups (broad SMARTS) is 1. The monoisotopic (exact) mass is 458 g/mol. The Balaban J connectivity index is 1.89. The Bertz CT molecular complexity index is 1270. The van der Waals surface area contributed by atoms with E-state index >= 15 is 0 Å². The summed E-state index contributed by atoms with van der Waals surface area (Å²) < 4.78 is 14.3. The average Bonchev–Trinajstić information content (AvgIpc) is 2.79. The molecule has 0 heterocycles. The Morgan fingerprint density at radius 3 is 2.06 bits per heavy atom. The number of hydrazone groups is 1. The topological polar surface area (TPSA) is 61.7 Å². The van der Waals surface area contributed by atoms with E-state index < -0.39 is 11.8 Å². The highest BCUT2D eigenvalue weighted by molar-refractivity contribution is 6.14. The van der Waals surface area contributed by atoms with E-state index in [0.717, 1.165) is 29.5 Å². The molecule has 4 nitrogen and oxygen atoms in total.